The molecule has 1 aliphatic heterocycles. The van der Waals surface area contributed by atoms with Crippen LogP contribution in [0.1, 0.15) is 31.2 Å². The van der Waals surface area contributed by atoms with E-state index in [9.17, 15) is 9.18 Å². The van der Waals surface area contributed by atoms with E-state index in [0.717, 1.165) is 25.9 Å². The zero-order valence-corrected chi connectivity index (χ0v) is 11.2. The van der Waals surface area contributed by atoms with Crippen molar-refractivity contribution in [2.24, 2.45) is 0 Å². The Bertz CT molecular complexity index is 439. The smallest absolute Gasteiger partial charge is 0.168 e. The Morgan fingerprint density at radius 1 is 1.53 bits per heavy atom. The van der Waals surface area contributed by atoms with Crippen molar-refractivity contribution in [3.05, 3.63) is 29.6 Å². The maximum absolute atomic E-state index is 13.9. The number of benzene rings is 1. The molecule has 0 N–H and O–H groups in total. The van der Waals surface area contributed by atoms with Gasteiger partial charge in [0.1, 0.15) is 5.78 Å². The number of carbonyl (C=O) groups is 1. The van der Waals surface area contributed by atoms with Crippen molar-refractivity contribution >= 4 is 5.78 Å². The molecular weight excluding hydrogens is 247 g/mol. The Kier molecular flexibility index (Phi) is 4.91. The van der Waals surface area contributed by atoms with E-state index in [1.165, 1.54) is 7.11 Å². The zero-order chi connectivity index (χ0) is 13.7. The average Bonchev–Trinajstić information content (AvgIpc) is 2.92. The van der Waals surface area contributed by atoms with Crippen molar-refractivity contribution in [1.29, 1.82) is 0 Å². The van der Waals surface area contributed by atoms with Crippen LogP contribution < -0.4 is 4.74 Å². The lowest BCUT2D eigenvalue weighted by Crippen LogP contribution is -2.11. The van der Waals surface area contributed by atoms with Crippen LogP contribution in [0.2, 0.25) is 0 Å². The molecule has 1 aliphatic rings. The fourth-order valence-corrected chi connectivity index (χ4v) is 2.35. The van der Waals surface area contributed by atoms with Crippen LogP contribution >= 0.6 is 0 Å². The summed E-state index contributed by atoms with van der Waals surface area (Å²) in [5.74, 6) is -0.206. The van der Waals surface area contributed by atoms with Crippen LogP contribution in [0.3, 0.4) is 0 Å². The topological polar surface area (TPSA) is 35.5 Å². The third-order valence-electron chi connectivity index (χ3n) is 3.42. The minimum Gasteiger partial charge on any atom is -0.494 e. The van der Waals surface area contributed by atoms with Gasteiger partial charge in [-0.1, -0.05) is 12.1 Å². The minimum atomic E-state index is -0.435. The van der Waals surface area contributed by atoms with Gasteiger partial charge < -0.3 is 9.47 Å². The van der Waals surface area contributed by atoms with Crippen LogP contribution in [0.4, 0.5) is 4.39 Å². The second-order valence-corrected chi connectivity index (χ2v) is 4.82. The molecule has 1 atom stereocenters. The van der Waals surface area contributed by atoms with Gasteiger partial charge in [0.25, 0.3) is 0 Å². The third-order valence-corrected chi connectivity index (χ3v) is 3.42. The van der Waals surface area contributed by atoms with Crippen molar-refractivity contribution in [1.82, 2.24) is 0 Å². The minimum absolute atomic E-state index is 0.0441. The number of hydrogen-bond acceptors (Lipinski definition) is 3. The number of hydrogen-bond donors (Lipinski definition) is 0. The lowest BCUT2D eigenvalue weighted by molar-refractivity contribution is -0.119. The van der Waals surface area contributed by atoms with Crippen molar-refractivity contribution < 1.29 is 18.7 Å². The highest BCUT2D eigenvalue weighted by atomic mass is 19.1. The fraction of sp³-hybridized carbons (Fsp3) is 0.533. The maximum Gasteiger partial charge on any atom is 0.168 e. The molecular formula is C15H19FO3. The normalized spacial score (nSPS) is 18.5. The molecule has 4 heteroatoms. The number of ether oxygens (including phenoxy) is 2. The van der Waals surface area contributed by atoms with E-state index in [4.69, 9.17) is 9.47 Å². The molecule has 1 saturated heterocycles. The highest BCUT2D eigenvalue weighted by Crippen LogP contribution is 2.22. The Morgan fingerprint density at radius 2 is 2.37 bits per heavy atom. The first-order chi connectivity index (χ1) is 9.20. The van der Waals surface area contributed by atoms with Crippen LogP contribution in [0, 0.1) is 5.82 Å². The third kappa shape index (κ3) is 3.77. The van der Waals surface area contributed by atoms with Gasteiger partial charge in [-0.3, -0.25) is 4.79 Å². The quantitative estimate of drug-likeness (QED) is 0.794. The van der Waals surface area contributed by atoms with Crippen LogP contribution in [0.25, 0.3) is 0 Å². The summed E-state index contributed by atoms with van der Waals surface area (Å²) in [5, 5.41) is 0. The van der Waals surface area contributed by atoms with Crippen LogP contribution in [0.15, 0.2) is 18.2 Å². The second-order valence-electron chi connectivity index (χ2n) is 4.82. The first-order valence-electron chi connectivity index (χ1n) is 6.65. The predicted octanol–water partition coefficient (Wildman–Crippen LogP) is 2.91. The Hall–Kier alpha value is -1.42. The van der Waals surface area contributed by atoms with E-state index in [2.05, 4.69) is 0 Å². The molecule has 0 amide bonds. The molecule has 104 valence electrons. The number of carbonyl (C=O) groups excluding carboxylic acids is 1. The first kappa shape index (κ1) is 14.0. The van der Waals surface area contributed by atoms with E-state index < -0.39 is 5.82 Å². The lowest BCUT2D eigenvalue weighted by atomic mass is 10.0. The summed E-state index contributed by atoms with van der Waals surface area (Å²) >= 11 is 0. The lowest BCUT2D eigenvalue weighted by Gasteiger charge is -2.09. The summed E-state index contributed by atoms with van der Waals surface area (Å²) in [5.41, 5.74) is 0.400. The Morgan fingerprint density at radius 3 is 3.05 bits per heavy atom. The van der Waals surface area contributed by atoms with Gasteiger partial charge in [-0.15, -0.1) is 0 Å². The first-order valence-corrected chi connectivity index (χ1v) is 6.65. The largest absolute Gasteiger partial charge is 0.494 e. The van der Waals surface area contributed by atoms with Gasteiger partial charge in [0.05, 0.1) is 13.2 Å². The number of rotatable bonds is 6. The molecule has 0 bridgehead atoms. The standard InChI is InChI=1S/C15H19FO3/c1-18-14-6-2-4-11(15(14)16)10-12(17)7-8-13-5-3-9-19-13/h2,4,6,13H,3,5,7-10H2,1H3. The fourth-order valence-electron chi connectivity index (χ4n) is 2.35. The number of Topliss-reactive ketones (excluding diaryl/α,β-unsaturated/α-hetero) is 1. The summed E-state index contributed by atoms with van der Waals surface area (Å²) in [6.07, 6.45) is 3.62. The highest BCUT2D eigenvalue weighted by molar-refractivity contribution is 5.81. The molecule has 0 aromatic heterocycles. The molecule has 1 fully saturated rings. The summed E-state index contributed by atoms with van der Waals surface area (Å²) in [6, 6.07) is 4.88. The molecule has 2 rings (SSSR count). The van der Waals surface area contributed by atoms with Gasteiger partial charge in [-0.05, 0) is 30.9 Å². The SMILES string of the molecule is COc1cccc(CC(=O)CCC2CCCO2)c1F. The van der Waals surface area contributed by atoms with Crippen molar-refractivity contribution in [2.75, 3.05) is 13.7 Å². The monoisotopic (exact) mass is 266 g/mol. The van der Waals surface area contributed by atoms with Gasteiger partial charge in [0.15, 0.2) is 11.6 Å². The molecule has 1 aromatic carbocycles. The summed E-state index contributed by atoms with van der Waals surface area (Å²) in [7, 11) is 1.42. The maximum atomic E-state index is 13.9. The highest BCUT2D eigenvalue weighted by Gasteiger charge is 2.18. The van der Waals surface area contributed by atoms with E-state index >= 15 is 0 Å². The summed E-state index contributed by atoms with van der Waals surface area (Å²) in [4.78, 5) is 11.9. The number of ketones is 1. The number of methoxy groups -OCH3 is 1. The van der Waals surface area contributed by atoms with Crippen LogP contribution in [0.5, 0.6) is 5.75 Å². The molecule has 19 heavy (non-hydrogen) atoms. The zero-order valence-electron chi connectivity index (χ0n) is 11.2. The molecule has 1 heterocycles. The van der Waals surface area contributed by atoms with Gasteiger partial charge in [-0.2, -0.15) is 0 Å². The molecule has 0 aliphatic carbocycles. The van der Waals surface area contributed by atoms with Gasteiger partial charge in [0.2, 0.25) is 0 Å². The molecule has 0 saturated carbocycles. The molecule has 0 spiro atoms. The van der Waals surface area contributed by atoms with Crippen LogP contribution in [-0.2, 0) is 16.0 Å². The Balaban J connectivity index is 1.87. The van der Waals surface area contributed by atoms with E-state index in [1.54, 1.807) is 18.2 Å². The van der Waals surface area contributed by atoms with Crippen molar-refractivity contribution in [2.45, 2.75) is 38.2 Å². The van der Waals surface area contributed by atoms with E-state index in [0.29, 0.717) is 12.0 Å². The summed E-state index contributed by atoms with van der Waals surface area (Å²) < 4.78 is 24.2. The average molecular weight is 266 g/mol. The molecule has 1 aromatic rings. The predicted molar refractivity (Wildman–Crippen MR) is 69.9 cm³/mol. The molecule has 1 unspecified atom stereocenters. The van der Waals surface area contributed by atoms with E-state index in [1.807, 2.05) is 0 Å². The Labute approximate surface area is 112 Å². The second kappa shape index (κ2) is 6.66. The van der Waals surface area contributed by atoms with E-state index in [-0.39, 0.29) is 24.1 Å². The summed E-state index contributed by atoms with van der Waals surface area (Å²) in [6.45, 7) is 0.795. The van der Waals surface area contributed by atoms with Gasteiger partial charge >= 0.3 is 0 Å². The van der Waals surface area contributed by atoms with Gasteiger partial charge in [0, 0.05) is 19.4 Å². The van der Waals surface area contributed by atoms with Crippen molar-refractivity contribution in [3.8, 4) is 5.75 Å². The molecule has 0 radical (unpaired) electrons. The molecule has 3 nitrogen and oxygen atoms in total. The van der Waals surface area contributed by atoms with Gasteiger partial charge in [-0.25, -0.2) is 4.39 Å². The number of halogens is 1. The van der Waals surface area contributed by atoms with Crippen LogP contribution in [-0.4, -0.2) is 25.6 Å². The van der Waals surface area contributed by atoms with Crippen molar-refractivity contribution in [3.63, 3.8) is 0 Å².